The first-order chi connectivity index (χ1) is 14.5. The number of benzene rings is 2. The summed E-state index contributed by atoms with van der Waals surface area (Å²) in [5.74, 6) is -0.551. The highest BCUT2D eigenvalue weighted by atomic mass is 32.2. The average molecular weight is 426 g/mol. The predicted molar refractivity (Wildman–Crippen MR) is 118 cm³/mol. The molecule has 0 bridgehead atoms. The number of aromatic nitrogens is 3. The molecule has 0 saturated heterocycles. The summed E-state index contributed by atoms with van der Waals surface area (Å²) in [5.41, 5.74) is 2.20. The number of aromatic amines is 1. The van der Waals surface area contributed by atoms with E-state index < -0.39 is 0 Å². The first-order valence-corrected chi connectivity index (χ1v) is 10.5. The second-order valence-corrected chi connectivity index (χ2v) is 7.61. The molecule has 0 aliphatic rings. The molecule has 0 aliphatic heterocycles. The summed E-state index contributed by atoms with van der Waals surface area (Å²) in [6.45, 7) is 4.43. The maximum atomic E-state index is 12.7. The van der Waals surface area contributed by atoms with Gasteiger partial charge in [-0.2, -0.15) is 0 Å². The quantitative estimate of drug-likeness (QED) is 0.480. The third-order valence-corrected chi connectivity index (χ3v) is 5.20. The first-order valence-electron chi connectivity index (χ1n) is 9.53. The summed E-state index contributed by atoms with van der Waals surface area (Å²) in [7, 11) is 0. The number of carbonyl (C=O) groups excluding carboxylic acids is 2. The highest BCUT2D eigenvalue weighted by Crippen LogP contribution is 2.19. The topological polar surface area (TPSA) is 109 Å². The van der Waals surface area contributed by atoms with Gasteiger partial charge in [0.15, 0.2) is 5.16 Å². The second kappa shape index (κ2) is 9.93. The third kappa shape index (κ3) is 5.38. The fourth-order valence-electron chi connectivity index (χ4n) is 2.86. The fourth-order valence-corrected chi connectivity index (χ4v) is 3.63. The van der Waals surface area contributed by atoms with Crippen LogP contribution in [0.5, 0.6) is 0 Å². The molecule has 9 heteroatoms. The lowest BCUT2D eigenvalue weighted by Crippen LogP contribution is -2.20. The number of hydrogen-bond donors (Lipinski definition) is 3. The SMILES string of the molecule is CCCn1c(SCC(=O)Nc2ccccc2C(=O)Nc2cccc(C)c2)n[nH]c1=O. The Labute approximate surface area is 178 Å². The second-order valence-electron chi connectivity index (χ2n) is 6.67. The highest BCUT2D eigenvalue weighted by Gasteiger charge is 2.15. The van der Waals surface area contributed by atoms with Crippen LogP contribution in [0.3, 0.4) is 0 Å². The molecule has 0 fully saturated rings. The number of carbonyl (C=O) groups is 2. The Morgan fingerprint density at radius 3 is 2.70 bits per heavy atom. The standard InChI is InChI=1S/C21H23N5O3S/c1-3-11-26-20(29)24-25-21(26)30-13-18(27)23-17-10-5-4-9-16(17)19(28)22-15-8-6-7-14(2)12-15/h4-10,12H,3,11,13H2,1-2H3,(H,22,28)(H,23,27)(H,24,29). The maximum Gasteiger partial charge on any atom is 0.343 e. The molecule has 0 aliphatic carbocycles. The molecular formula is C21H23N5O3S. The van der Waals surface area contributed by atoms with Crippen molar-refractivity contribution in [2.24, 2.45) is 0 Å². The molecule has 156 valence electrons. The van der Waals surface area contributed by atoms with Crippen molar-refractivity contribution in [3.05, 3.63) is 70.1 Å². The minimum absolute atomic E-state index is 0.0574. The van der Waals surface area contributed by atoms with Crippen LogP contribution in [0.25, 0.3) is 0 Å². The van der Waals surface area contributed by atoms with Crippen LogP contribution in [0.4, 0.5) is 11.4 Å². The van der Waals surface area contributed by atoms with Crippen molar-refractivity contribution in [1.29, 1.82) is 0 Å². The van der Waals surface area contributed by atoms with E-state index in [0.717, 1.165) is 23.7 Å². The van der Waals surface area contributed by atoms with Crippen LogP contribution < -0.4 is 16.3 Å². The Kier molecular flexibility index (Phi) is 7.08. The van der Waals surface area contributed by atoms with E-state index in [0.29, 0.717) is 28.6 Å². The van der Waals surface area contributed by atoms with Gasteiger partial charge in [0.1, 0.15) is 0 Å². The molecule has 0 unspecified atom stereocenters. The predicted octanol–water partition coefficient (Wildman–Crippen LogP) is 3.27. The number of anilines is 2. The summed E-state index contributed by atoms with van der Waals surface area (Å²) in [5, 5.41) is 12.4. The van der Waals surface area contributed by atoms with E-state index in [1.165, 1.54) is 4.57 Å². The number of para-hydroxylation sites is 1. The molecule has 3 N–H and O–H groups in total. The number of thioether (sulfide) groups is 1. The Morgan fingerprint density at radius 2 is 1.93 bits per heavy atom. The molecule has 3 aromatic rings. The highest BCUT2D eigenvalue weighted by molar-refractivity contribution is 7.99. The van der Waals surface area contributed by atoms with Crippen molar-refractivity contribution in [3.8, 4) is 0 Å². The molecule has 2 amide bonds. The lowest BCUT2D eigenvalue weighted by atomic mass is 10.1. The number of aryl methyl sites for hydroxylation is 1. The van der Waals surface area contributed by atoms with Crippen LogP contribution in [0.2, 0.25) is 0 Å². The summed E-state index contributed by atoms with van der Waals surface area (Å²) in [6, 6.07) is 14.3. The molecule has 0 saturated carbocycles. The number of H-pyrrole nitrogens is 1. The molecule has 1 heterocycles. The van der Waals surface area contributed by atoms with Gasteiger partial charge in [0.25, 0.3) is 5.91 Å². The van der Waals surface area contributed by atoms with E-state index in [9.17, 15) is 14.4 Å². The van der Waals surface area contributed by atoms with Crippen LogP contribution in [-0.2, 0) is 11.3 Å². The Balaban J connectivity index is 1.66. The summed E-state index contributed by atoms with van der Waals surface area (Å²) >= 11 is 1.16. The van der Waals surface area contributed by atoms with Crippen LogP contribution >= 0.6 is 11.8 Å². The van der Waals surface area contributed by atoms with Crippen LogP contribution in [0, 0.1) is 6.92 Å². The Hall–Kier alpha value is -3.33. The normalized spacial score (nSPS) is 10.6. The molecule has 3 rings (SSSR count). The molecule has 8 nitrogen and oxygen atoms in total. The Morgan fingerprint density at radius 1 is 1.13 bits per heavy atom. The minimum atomic E-state index is -0.312. The Bertz CT molecular complexity index is 1110. The molecule has 1 aromatic heterocycles. The van der Waals surface area contributed by atoms with E-state index in [4.69, 9.17) is 0 Å². The van der Waals surface area contributed by atoms with Crippen molar-refractivity contribution in [2.75, 3.05) is 16.4 Å². The van der Waals surface area contributed by atoms with Gasteiger partial charge in [0.05, 0.1) is 17.0 Å². The number of amides is 2. The van der Waals surface area contributed by atoms with Crippen molar-refractivity contribution in [2.45, 2.75) is 32.0 Å². The molecule has 2 aromatic carbocycles. The third-order valence-electron chi connectivity index (χ3n) is 4.22. The van der Waals surface area contributed by atoms with E-state index in [1.807, 2.05) is 38.1 Å². The van der Waals surface area contributed by atoms with Crippen molar-refractivity contribution in [1.82, 2.24) is 14.8 Å². The lowest BCUT2D eigenvalue weighted by Gasteiger charge is -2.12. The number of nitrogens with zero attached hydrogens (tertiary/aromatic N) is 2. The molecule has 0 atom stereocenters. The van der Waals surface area contributed by atoms with Gasteiger partial charge in [-0.15, -0.1) is 5.10 Å². The van der Waals surface area contributed by atoms with Gasteiger partial charge < -0.3 is 10.6 Å². The zero-order chi connectivity index (χ0) is 21.5. The summed E-state index contributed by atoms with van der Waals surface area (Å²) < 4.78 is 1.50. The van der Waals surface area contributed by atoms with Crippen LogP contribution in [0.15, 0.2) is 58.5 Å². The first kappa shape index (κ1) is 21.4. The van der Waals surface area contributed by atoms with Crippen molar-refractivity contribution < 1.29 is 9.59 Å². The van der Waals surface area contributed by atoms with Gasteiger partial charge in [-0.1, -0.05) is 43.0 Å². The molecule has 0 radical (unpaired) electrons. The number of hydrogen-bond acceptors (Lipinski definition) is 5. The minimum Gasteiger partial charge on any atom is -0.325 e. The van der Waals surface area contributed by atoms with Crippen molar-refractivity contribution >= 4 is 35.0 Å². The van der Waals surface area contributed by atoms with Crippen LogP contribution in [-0.4, -0.2) is 32.3 Å². The number of rotatable bonds is 8. The van der Waals surface area contributed by atoms with Crippen molar-refractivity contribution in [3.63, 3.8) is 0 Å². The van der Waals surface area contributed by atoms with E-state index in [-0.39, 0.29) is 23.3 Å². The zero-order valence-electron chi connectivity index (χ0n) is 16.8. The van der Waals surface area contributed by atoms with Gasteiger partial charge in [-0.3, -0.25) is 14.2 Å². The maximum absolute atomic E-state index is 12.7. The lowest BCUT2D eigenvalue weighted by molar-refractivity contribution is -0.113. The monoisotopic (exact) mass is 425 g/mol. The average Bonchev–Trinajstić information content (AvgIpc) is 3.07. The van der Waals surface area contributed by atoms with Gasteiger partial charge in [-0.25, -0.2) is 9.89 Å². The molecular weight excluding hydrogens is 402 g/mol. The summed E-state index contributed by atoms with van der Waals surface area (Å²) in [6.07, 6.45) is 0.780. The van der Waals surface area contributed by atoms with Gasteiger partial charge >= 0.3 is 5.69 Å². The molecule has 30 heavy (non-hydrogen) atoms. The molecule has 0 spiro atoms. The smallest absolute Gasteiger partial charge is 0.325 e. The van der Waals surface area contributed by atoms with Crippen LogP contribution in [0.1, 0.15) is 29.3 Å². The largest absolute Gasteiger partial charge is 0.343 e. The van der Waals surface area contributed by atoms with Gasteiger partial charge in [0, 0.05) is 12.2 Å². The summed E-state index contributed by atoms with van der Waals surface area (Å²) in [4.78, 5) is 36.9. The fraction of sp³-hybridized carbons (Fsp3) is 0.238. The number of nitrogens with one attached hydrogen (secondary N) is 3. The van der Waals surface area contributed by atoms with E-state index >= 15 is 0 Å². The van der Waals surface area contributed by atoms with Gasteiger partial charge in [0.2, 0.25) is 5.91 Å². The van der Waals surface area contributed by atoms with Gasteiger partial charge in [-0.05, 0) is 43.2 Å². The zero-order valence-corrected chi connectivity index (χ0v) is 17.6. The van der Waals surface area contributed by atoms with E-state index in [1.54, 1.807) is 24.3 Å². The van der Waals surface area contributed by atoms with E-state index in [2.05, 4.69) is 20.8 Å².